The highest BCUT2D eigenvalue weighted by Gasteiger charge is 2.76. The first-order chi connectivity index (χ1) is 26.6. The molecule has 3 aromatic carbocycles. The third-order valence-electron chi connectivity index (χ3n) is 13.1. The Balaban J connectivity index is 1.01. The SMILES string of the molecule is CCC(C)c1ccc(C(=O)CCCOCCN(C(=O)OC(C)(C)C)c2ccc(C[N+]3(C)CC[C@]45c6c7ccc(OC)c6O[C@H]4C(=O)CC[C@@]5(O)[C@H]3C7)cc2)cc1. The van der Waals surface area contributed by atoms with Crippen LogP contribution in [0.4, 0.5) is 10.5 Å². The number of ketones is 2. The van der Waals surface area contributed by atoms with Crippen LogP contribution >= 0.6 is 0 Å². The van der Waals surface area contributed by atoms with Gasteiger partial charge in [0.25, 0.3) is 0 Å². The molecule has 3 aromatic rings. The minimum absolute atomic E-state index is 0.0554. The van der Waals surface area contributed by atoms with Crippen molar-refractivity contribution in [2.45, 2.75) is 121 Å². The Morgan fingerprint density at radius 1 is 1.04 bits per heavy atom. The highest BCUT2D eigenvalue weighted by atomic mass is 16.6. The van der Waals surface area contributed by atoms with Gasteiger partial charge in [-0.15, -0.1) is 0 Å². The summed E-state index contributed by atoms with van der Waals surface area (Å²) in [6.07, 6.45) is 2.89. The molecule has 2 unspecified atom stereocenters. The summed E-state index contributed by atoms with van der Waals surface area (Å²) >= 11 is 0. The van der Waals surface area contributed by atoms with Gasteiger partial charge in [-0.05, 0) is 75.3 Å². The maximum absolute atomic E-state index is 13.5. The quantitative estimate of drug-likeness (QED) is 0.101. The fourth-order valence-electron chi connectivity index (χ4n) is 9.98. The van der Waals surface area contributed by atoms with Crippen molar-refractivity contribution < 1.29 is 42.9 Å². The molecule has 7 rings (SSSR count). The van der Waals surface area contributed by atoms with Crippen LogP contribution in [0.25, 0.3) is 0 Å². The van der Waals surface area contributed by atoms with Crippen molar-refractivity contribution in [3.8, 4) is 11.5 Å². The summed E-state index contributed by atoms with van der Waals surface area (Å²) in [7, 11) is 3.84. The fraction of sp³-hybridized carbons (Fsp3) is 0.543. The lowest BCUT2D eigenvalue weighted by Crippen LogP contribution is -2.80. The van der Waals surface area contributed by atoms with Gasteiger partial charge in [-0.25, -0.2) is 4.79 Å². The Hall–Kier alpha value is -4.25. The molecule has 2 fully saturated rings. The van der Waals surface area contributed by atoms with Gasteiger partial charge in [0, 0.05) is 54.7 Å². The molecule has 2 aliphatic heterocycles. The van der Waals surface area contributed by atoms with Crippen LogP contribution in [0.15, 0.2) is 60.7 Å². The van der Waals surface area contributed by atoms with Crippen molar-refractivity contribution in [3.63, 3.8) is 0 Å². The van der Waals surface area contributed by atoms with Crippen LogP contribution < -0.4 is 14.4 Å². The number of amides is 1. The van der Waals surface area contributed by atoms with Crippen LogP contribution in [0.3, 0.4) is 0 Å². The number of likely N-dealkylation sites (tertiary alicyclic amines) is 1. The Labute approximate surface area is 331 Å². The molecular formula is C46H59N2O8+. The van der Waals surface area contributed by atoms with E-state index >= 15 is 0 Å². The number of carbonyl (C=O) groups excluding carboxylic acids is 3. The number of nitrogens with zero attached hydrogens (tertiary/aromatic N) is 2. The highest BCUT2D eigenvalue weighted by Crippen LogP contribution is 2.66. The smallest absolute Gasteiger partial charge is 0.414 e. The Morgan fingerprint density at radius 3 is 2.45 bits per heavy atom. The summed E-state index contributed by atoms with van der Waals surface area (Å²) in [5.74, 6) is 1.86. The maximum Gasteiger partial charge on any atom is 0.414 e. The zero-order valence-electron chi connectivity index (χ0n) is 34.2. The molecule has 2 aliphatic carbocycles. The van der Waals surface area contributed by atoms with E-state index in [0.717, 1.165) is 35.2 Å². The second-order valence-corrected chi connectivity index (χ2v) is 17.7. The number of piperidine rings is 1. The van der Waals surface area contributed by atoms with E-state index in [1.165, 1.54) is 5.56 Å². The minimum Gasteiger partial charge on any atom is -0.493 e. The number of Topliss-reactive ketones (excluding diaryl/α,β-unsaturated/α-hetero) is 2. The summed E-state index contributed by atoms with van der Waals surface area (Å²) in [4.78, 5) is 41.3. The van der Waals surface area contributed by atoms with Crippen LogP contribution in [0.2, 0.25) is 0 Å². The monoisotopic (exact) mass is 767 g/mol. The van der Waals surface area contributed by atoms with Gasteiger partial charge in [-0.1, -0.05) is 56.3 Å². The molecule has 0 aromatic heterocycles. The van der Waals surface area contributed by atoms with Gasteiger partial charge in [0.2, 0.25) is 0 Å². The van der Waals surface area contributed by atoms with Crippen LogP contribution in [0, 0.1) is 0 Å². The predicted molar refractivity (Wildman–Crippen MR) is 215 cm³/mol. The number of carbonyl (C=O) groups is 3. The van der Waals surface area contributed by atoms with Crippen LogP contribution in [-0.4, -0.2) is 91.1 Å². The summed E-state index contributed by atoms with van der Waals surface area (Å²) in [5.41, 5.74) is 3.29. The summed E-state index contributed by atoms with van der Waals surface area (Å²) < 4.78 is 24.4. The first-order valence-electron chi connectivity index (χ1n) is 20.4. The largest absolute Gasteiger partial charge is 0.493 e. The van der Waals surface area contributed by atoms with Crippen LogP contribution in [0.5, 0.6) is 11.5 Å². The molecule has 1 spiro atoms. The first-order valence-corrected chi connectivity index (χ1v) is 20.4. The van der Waals surface area contributed by atoms with E-state index in [1.54, 1.807) is 12.0 Å². The number of aliphatic hydroxyl groups is 1. The number of hydrogen-bond donors (Lipinski definition) is 1. The van der Waals surface area contributed by atoms with Crippen molar-refractivity contribution >= 4 is 23.3 Å². The number of methoxy groups -OCH3 is 1. The van der Waals surface area contributed by atoms with Gasteiger partial charge in [-0.2, -0.15) is 0 Å². The van der Waals surface area contributed by atoms with Gasteiger partial charge in [0.05, 0.1) is 39.3 Å². The van der Waals surface area contributed by atoms with Crippen molar-refractivity contribution in [2.75, 3.05) is 45.4 Å². The van der Waals surface area contributed by atoms with Gasteiger partial charge in [-0.3, -0.25) is 14.5 Å². The maximum atomic E-state index is 13.5. The molecule has 1 N–H and O–H groups in total. The topological polar surface area (TPSA) is 112 Å². The molecule has 1 saturated heterocycles. The lowest BCUT2D eigenvalue weighted by atomic mass is 9.48. The first kappa shape index (κ1) is 40.0. The number of hydrogen-bond acceptors (Lipinski definition) is 8. The molecule has 1 saturated carbocycles. The van der Waals surface area contributed by atoms with E-state index in [1.807, 2.05) is 63.2 Å². The Bertz CT molecular complexity index is 1950. The van der Waals surface area contributed by atoms with Gasteiger partial charge in [0.1, 0.15) is 23.8 Å². The number of anilines is 1. The molecule has 4 aliphatic rings. The highest BCUT2D eigenvalue weighted by molar-refractivity contribution is 5.96. The van der Waals surface area contributed by atoms with E-state index in [4.69, 9.17) is 18.9 Å². The van der Waals surface area contributed by atoms with Crippen molar-refractivity contribution in [2.24, 2.45) is 0 Å². The molecule has 10 heteroatoms. The average molecular weight is 768 g/mol. The standard InChI is InChI=1S/C46H59N2O8/c1-8-30(2)32-13-15-33(16-14-32)36(49)10-9-26-54-27-24-47(43(51)56-44(3,4)5)35-18-11-31(12-19-35)29-48(6)25-23-45-40-34-17-20-38(53-7)41(40)55-42(45)37(50)21-22-46(45,52)39(48)28-34/h11-20,30,39,42,52H,8-10,21-29H2,1-7H3/q+1/t30?,39-,42+,45+,46-,48?/m1/s1. The molecule has 300 valence electrons. The second-order valence-electron chi connectivity index (χ2n) is 17.7. The average Bonchev–Trinajstić information content (AvgIpc) is 3.54. The second kappa shape index (κ2) is 15.3. The van der Waals surface area contributed by atoms with Crippen LogP contribution in [0.1, 0.15) is 112 Å². The van der Waals surface area contributed by atoms with E-state index < -0.39 is 28.8 Å². The van der Waals surface area contributed by atoms with Gasteiger partial charge >= 0.3 is 6.09 Å². The van der Waals surface area contributed by atoms with Crippen LogP contribution in [-0.2, 0) is 32.6 Å². The zero-order valence-corrected chi connectivity index (χ0v) is 34.2. The fourth-order valence-corrected chi connectivity index (χ4v) is 9.98. The predicted octanol–water partition coefficient (Wildman–Crippen LogP) is 7.70. The minimum atomic E-state index is -1.11. The molecular weight excluding hydrogens is 709 g/mol. The van der Waals surface area contributed by atoms with Crippen molar-refractivity contribution in [3.05, 3.63) is 88.5 Å². The number of likely N-dealkylation sites (N-methyl/N-ethyl adjacent to an activating group) is 1. The number of benzene rings is 3. The number of rotatable bonds is 14. The van der Waals surface area contributed by atoms with E-state index in [-0.39, 0.29) is 30.6 Å². The molecule has 2 bridgehead atoms. The van der Waals surface area contributed by atoms with Crippen molar-refractivity contribution in [1.29, 1.82) is 0 Å². The molecule has 6 atom stereocenters. The summed E-state index contributed by atoms with van der Waals surface area (Å²) in [6.45, 7) is 12.3. The molecule has 10 nitrogen and oxygen atoms in total. The summed E-state index contributed by atoms with van der Waals surface area (Å²) in [6, 6.07) is 19.8. The summed E-state index contributed by atoms with van der Waals surface area (Å²) in [5, 5.41) is 12.9. The third kappa shape index (κ3) is 7.02. The number of quaternary nitrogens is 1. The van der Waals surface area contributed by atoms with Gasteiger partial charge in [0.15, 0.2) is 29.2 Å². The van der Waals surface area contributed by atoms with E-state index in [9.17, 15) is 19.5 Å². The van der Waals surface area contributed by atoms with E-state index in [0.29, 0.717) is 79.4 Å². The molecule has 1 amide bonds. The Morgan fingerprint density at radius 2 is 1.77 bits per heavy atom. The zero-order chi connectivity index (χ0) is 40.0. The lowest BCUT2D eigenvalue weighted by molar-refractivity contribution is -0.961. The normalized spacial score (nSPS) is 26.5. The van der Waals surface area contributed by atoms with Crippen molar-refractivity contribution in [1.82, 2.24) is 0 Å². The number of ether oxygens (including phenoxy) is 4. The van der Waals surface area contributed by atoms with E-state index in [2.05, 4.69) is 39.1 Å². The molecule has 56 heavy (non-hydrogen) atoms. The molecule has 0 radical (unpaired) electrons. The Kier molecular flexibility index (Phi) is 10.9. The third-order valence-corrected chi connectivity index (χ3v) is 13.1. The molecule has 2 heterocycles. The van der Waals surface area contributed by atoms with Gasteiger partial charge < -0.3 is 28.5 Å². The lowest BCUT2D eigenvalue weighted by Gasteiger charge is -2.64.